The van der Waals surface area contributed by atoms with Crippen LogP contribution < -0.4 is 0 Å². The summed E-state index contributed by atoms with van der Waals surface area (Å²) >= 11 is 0. The van der Waals surface area contributed by atoms with Crippen LogP contribution in [0.4, 0.5) is 0 Å². The Labute approximate surface area is 222 Å². The summed E-state index contributed by atoms with van der Waals surface area (Å²) < 4.78 is 37.0. The average molecular weight is 515 g/mol. The van der Waals surface area contributed by atoms with Gasteiger partial charge in [-0.05, 0) is 12.8 Å². The van der Waals surface area contributed by atoms with E-state index in [1.807, 2.05) is 0 Å². The molecular weight excluding hydrogens is 456 g/mol. The molecule has 0 radical (unpaired) electrons. The molecule has 0 bridgehead atoms. The van der Waals surface area contributed by atoms with Crippen molar-refractivity contribution >= 4 is 0 Å². The SMILES string of the molecule is CCCCCCCCCCOC1(CC)OCC2(COC(CC)(OCCCCCCCCC)OC2)CO1. The summed E-state index contributed by atoms with van der Waals surface area (Å²) in [4.78, 5) is 0. The van der Waals surface area contributed by atoms with Crippen LogP contribution in [0.15, 0.2) is 0 Å². The Balaban J connectivity index is 1.62. The first kappa shape index (κ1) is 32.0. The predicted octanol–water partition coefficient (Wildman–Crippen LogP) is 8.12. The van der Waals surface area contributed by atoms with Gasteiger partial charge in [0.15, 0.2) is 0 Å². The van der Waals surface area contributed by atoms with E-state index in [2.05, 4.69) is 27.7 Å². The number of rotatable bonds is 21. The molecule has 0 aromatic heterocycles. The lowest BCUT2D eigenvalue weighted by molar-refractivity contribution is -0.465. The lowest BCUT2D eigenvalue weighted by Gasteiger charge is -2.50. The van der Waals surface area contributed by atoms with Gasteiger partial charge in [-0.2, -0.15) is 0 Å². The van der Waals surface area contributed by atoms with Crippen molar-refractivity contribution in [2.75, 3.05) is 39.6 Å². The topological polar surface area (TPSA) is 55.4 Å². The van der Waals surface area contributed by atoms with Gasteiger partial charge in [0, 0.05) is 12.8 Å². The highest BCUT2D eigenvalue weighted by Crippen LogP contribution is 2.39. The van der Waals surface area contributed by atoms with Gasteiger partial charge in [0.25, 0.3) is 11.9 Å². The molecule has 0 aliphatic carbocycles. The van der Waals surface area contributed by atoms with E-state index in [1.54, 1.807) is 0 Å². The van der Waals surface area contributed by atoms with Crippen LogP contribution in [-0.2, 0) is 28.4 Å². The molecule has 0 N–H and O–H groups in total. The van der Waals surface area contributed by atoms with Crippen molar-refractivity contribution in [3.8, 4) is 0 Å². The number of hydrogen-bond acceptors (Lipinski definition) is 6. The van der Waals surface area contributed by atoms with Crippen LogP contribution in [0, 0.1) is 5.41 Å². The Morgan fingerprint density at radius 1 is 0.444 bits per heavy atom. The largest absolute Gasteiger partial charge is 0.327 e. The maximum atomic E-state index is 6.19. The molecular formula is C30H58O6. The van der Waals surface area contributed by atoms with Crippen LogP contribution in [0.25, 0.3) is 0 Å². The maximum absolute atomic E-state index is 6.19. The second-order valence-electron chi connectivity index (χ2n) is 11.0. The molecule has 214 valence electrons. The number of ether oxygens (including phenoxy) is 6. The van der Waals surface area contributed by atoms with Crippen molar-refractivity contribution in [3.05, 3.63) is 0 Å². The van der Waals surface area contributed by atoms with Crippen LogP contribution in [0.2, 0.25) is 0 Å². The van der Waals surface area contributed by atoms with Crippen molar-refractivity contribution < 1.29 is 28.4 Å². The summed E-state index contributed by atoms with van der Waals surface area (Å²) in [6.07, 6.45) is 20.4. The van der Waals surface area contributed by atoms with Gasteiger partial charge in [-0.3, -0.25) is 0 Å². The Bertz CT molecular complexity index is 522. The third kappa shape index (κ3) is 11.2. The zero-order valence-electron chi connectivity index (χ0n) is 24.2. The smallest absolute Gasteiger partial charge is 0.282 e. The zero-order valence-corrected chi connectivity index (χ0v) is 24.2. The van der Waals surface area contributed by atoms with Gasteiger partial charge in [-0.15, -0.1) is 0 Å². The first-order valence-electron chi connectivity index (χ1n) is 15.4. The summed E-state index contributed by atoms with van der Waals surface area (Å²) in [6, 6.07) is 0. The van der Waals surface area contributed by atoms with E-state index in [0.29, 0.717) is 52.5 Å². The van der Waals surface area contributed by atoms with E-state index in [0.717, 1.165) is 12.8 Å². The molecule has 2 rings (SSSR count). The van der Waals surface area contributed by atoms with Crippen molar-refractivity contribution in [1.82, 2.24) is 0 Å². The van der Waals surface area contributed by atoms with Gasteiger partial charge in [-0.1, -0.05) is 111 Å². The van der Waals surface area contributed by atoms with E-state index < -0.39 is 11.9 Å². The lowest BCUT2D eigenvalue weighted by Crippen LogP contribution is -2.60. The van der Waals surface area contributed by atoms with Crippen molar-refractivity contribution in [2.24, 2.45) is 5.41 Å². The fourth-order valence-electron chi connectivity index (χ4n) is 4.92. The van der Waals surface area contributed by atoms with E-state index in [-0.39, 0.29) is 5.41 Å². The van der Waals surface area contributed by atoms with Crippen molar-refractivity contribution in [3.63, 3.8) is 0 Å². The monoisotopic (exact) mass is 514 g/mol. The Kier molecular flexibility index (Phi) is 16.1. The first-order valence-corrected chi connectivity index (χ1v) is 15.4. The van der Waals surface area contributed by atoms with Gasteiger partial charge in [0.05, 0.1) is 45.1 Å². The molecule has 2 fully saturated rings. The van der Waals surface area contributed by atoms with Crippen molar-refractivity contribution in [1.29, 1.82) is 0 Å². The number of hydrogen-bond donors (Lipinski definition) is 0. The average Bonchev–Trinajstić information content (AvgIpc) is 2.92. The van der Waals surface area contributed by atoms with Crippen LogP contribution in [0.5, 0.6) is 0 Å². The molecule has 1 spiro atoms. The van der Waals surface area contributed by atoms with Gasteiger partial charge < -0.3 is 28.4 Å². The quantitative estimate of drug-likeness (QED) is 0.144. The Hall–Kier alpha value is -0.240. The molecule has 6 nitrogen and oxygen atoms in total. The number of unbranched alkanes of at least 4 members (excludes halogenated alkanes) is 13. The van der Waals surface area contributed by atoms with Gasteiger partial charge in [0.2, 0.25) is 0 Å². The minimum Gasteiger partial charge on any atom is -0.327 e. The van der Waals surface area contributed by atoms with Gasteiger partial charge in [-0.25, -0.2) is 0 Å². The van der Waals surface area contributed by atoms with E-state index >= 15 is 0 Å². The molecule has 2 heterocycles. The molecule has 0 aromatic rings. The molecule has 2 aliphatic rings. The van der Waals surface area contributed by atoms with Gasteiger partial charge >= 0.3 is 0 Å². The minimum absolute atomic E-state index is 0.304. The molecule has 2 saturated heterocycles. The van der Waals surface area contributed by atoms with E-state index in [1.165, 1.54) is 83.5 Å². The third-order valence-corrected chi connectivity index (χ3v) is 7.65. The van der Waals surface area contributed by atoms with Crippen molar-refractivity contribution in [2.45, 2.75) is 149 Å². The zero-order chi connectivity index (χ0) is 26.0. The normalized spacial score (nSPS) is 28.7. The molecule has 6 heteroatoms. The summed E-state index contributed by atoms with van der Waals surface area (Å²) in [6.45, 7) is 12.0. The maximum Gasteiger partial charge on any atom is 0.282 e. The standard InChI is InChI=1S/C30H58O6/c1-5-9-11-13-15-17-19-21-23-32-30(8-4)35-26-28(27-36-30)24-33-29(7-3,34-25-28)31-22-20-18-16-14-12-10-6-2/h5-27H2,1-4H3. The van der Waals surface area contributed by atoms with Crippen LogP contribution in [0.1, 0.15) is 137 Å². The molecule has 36 heavy (non-hydrogen) atoms. The summed E-state index contributed by atoms with van der Waals surface area (Å²) in [7, 11) is 0. The van der Waals surface area contributed by atoms with E-state index in [4.69, 9.17) is 28.4 Å². The van der Waals surface area contributed by atoms with Gasteiger partial charge in [0.1, 0.15) is 0 Å². The second kappa shape index (κ2) is 18.1. The van der Waals surface area contributed by atoms with E-state index in [9.17, 15) is 0 Å². The molecule has 2 aliphatic heterocycles. The Morgan fingerprint density at radius 2 is 0.750 bits per heavy atom. The van der Waals surface area contributed by atoms with Crippen LogP contribution in [-0.4, -0.2) is 51.6 Å². The Morgan fingerprint density at radius 3 is 1.06 bits per heavy atom. The molecule has 0 unspecified atom stereocenters. The predicted molar refractivity (Wildman–Crippen MR) is 145 cm³/mol. The summed E-state index contributed by atoms with van der Waals surface area (Å²) in [5, 5.41) is 0. The highest BCUT2D eigenvalue weighted by atomic mass is 16.9. The fourth-order valence-corrected chi connectivity index (χ4v) is 4.92. The minimum atomic E-state index is -0.931. The molecule has 0 amide bonds. The highest BCUT2D eigenvalue weighted by Gasteiger charge is 2.51. The summed E-state index contributed by atoms with van der Waals surface area (Å²) in [5.74, 6) is -1.86. The third-order valence-electron chi connectivity index (χ3n) is 7.65. The fraction of sp³-hybridized carbons (Fsp3) is 1.00. The molecule has 0 atom stereocenters. The molecule has 0 saturated carbocycles. The molecule has 0 aromatic carbocycles. The highest BCUT2D eigenvalue weighted by molar-refractivity contribution is 4.87. The first-order chi connectivity index (χ1) is 17.6. The summed E-state index contributed by atoms with van der Waals surface area (Å²) in [5.41, 5.74) is -0.304. The van der Waals surface area contributed by atoms with Crippen LogP contribution in [0.3, 0.4) is 0 Å². The lowest BCUT2D eigenvalue weighted by atomic mass is 9.90. The second-order valence-corrected chi connectivity index (χ2v) is 11.0. The van der Waals surface area contributed by atoms with Crippen LogP contribution >= 0.6 is 0 Å².